The highest BCUT2D eigenvalue weighted by molar-refractivity contribution is 6.31. The number of fused-ring (bicyclic) bond motifs is 6. The summed E-state index contributed by atoms with van der Waals surface area (Å²) in [5.41, 5.74) is 14.9. The number of cyclic esters (lactones) is 2. The van der Waals surface area contributed by atoms with Crippen molar-refractivity contribution in [1.29, 1.82) is 0 Å². The molecule has 0 saturated carbocycles. The van der Waals surface area contributed by atoms with Gasteiger partial charge in [0, 0.05) is 48.3 Å². The fourth-order valence-electron chi connectivity index (χ4n) is 8.26. The number of hydrogen-bond donors (Lipinski definition) is 2. The van der Waals surface area contributed by atoms with Gasteiger partial charge in [-0.1, -0.05) is 30.6 Å². The minimum Gasteiger partial charge on any atom is -0.447 e. The predicted octanol–water partition coefficient (Wildman–Crippen LogP) is 8.47. The van der Waals surface area contributed by atoms with Gasteiger partial charge in [-0.2, -0.15) is 14.4 Å². The SMILES string of the molecule is C.C[C@H](F)[C@H]1COC(=O)N1c1ccnc(F)n1.C[C@H](N)c1ncn2c1CCc1cc(Cl)ccc1-2.C[C@H](Nc1nccc(N2C(=O)OC[C@@H]2[C@H](C)F)n1)c1ncn2c1CCc1cc(Cl)ccc1-2.[B]. The fraction of sp³-hybridized carbons (Fsp3) is 0.378. The van der Waals surface area contributed by atoms with Crippen LogP contribution in [0.1, 0.15) is 81.1 Å². The lowest BCUT2D eigenvalue weighted by molar-refractivity contribution is 0.173. The number of aryl methyl sites for hydroxylation is 2. The minimum absolute atomic E-state index is 0. The molecule has 16 nitrogen and oxygen atoms in total. The number of aromatic nitrogens is 8. The van der Waals surface area contributed by atoms with Crippen molar-refractivity contribution < 1.29 is 32.2 Å². The second-order valence-electron chi connectivity index (χ2n) is 15.9. The van der Waals surface area contributed by atoms with Gasteiger partial charge in [0.2, 0.25) is 5.95 Å². The number of carbonyl (C=O) groups excluding carboxylic acids is 2. The summed E-state index contributed by atoms with van der Waals surface area (Å²) in [6, 6.07) is 13.1. The van der Waals surface area contributed by atoms with Gasteiger partial charge in [-0.05, 0) is 113 Å². The van der Waals surface area contributed by atoms with Gasteiger partial charge >= 0.3 is 18.3 Å². The summed E-state index contributed by atoms with van der Waals surface area (Å²) in [4.78, 5) is 50.2. The van der Waals surface area contributed by atoms with E-state index in [1.54, 1.807) is 6.07 Å². The minimum atomic E-state index is -1.29. The first-order chi connectivity index (χ1) is 31.2. The fourth-order valence-corrected chi connectivity index (χ4v) is 8.65. The van der Waals surface area contributed by atoms with Gasteiger partial charge in [-0.15, -0.1) is 0 Å². The van der Waals surface area contributed by atoms with Crippen molar-refractivity contribution in [3.63, 3.8) is 0 Å². The third-order valence-corrected chi connectivity index (χ3v) is 11.9. The smallest absolute Gasteiger partial charge is 0.416 e. The summed E-state index contributed by atoms with van der Waals surface area (Å²) in [5, 5.41) is 4.78. The molecule has 4 aliphatic rings. The predicted molar refractivity (Wildman–Crippen MR) is 249 cm³/mol. The highest BCUT2D eigenvalue weighted by atomic mass is 35.5. The lowest BCUT2D eigenvalue weighted by Crippen LogP contribution is -2.39. The Labute approximate surface area is 397 Å². The standard InChI is InChI=1S/C22H22ClFN6O2.C13H14ClN3.C9H9F2N3O2.CH4.B/c1-12(24)18-10-32-22(31)30(18)19-7-8-25-21(28-19)27-13(2)20-17-5-3-14-9-15(23)4-6-16(14)29(17)11-26-20;1-8(15)13-12-4-2-9-6-10(14)3-5-11(9)17(12)7-16-13;1-5(10)6-4-16-9(15)14(6)7-2-3-12-8(11)13-7;;/h4,6-9,11-13,18H,3,5,10H2,1-2H3,(H,25,27,28);3,5-8H,2,4,15H2,1H3;2-3,5-6H,4H2,1H3;1H4;/t12-,13-,18+;8-;5-,6+;;/m000../s1. The van der Waals surface area contributed by atoms with E-state index >= 15 is 0 Å². The molecule has 67 heavy (non-hydrogen) atoms. The summed E-state index contributed by atoms with van der Waals surface area (Å²) >= 11 is 12.2. The van der Waals surface area contributed by atoms with Crippen LogP contribution in [-0.4, -0.2) is 97.3 Å². The van der Waals surface area contributed by atoms with Crippen LogP contribution in [0.2, 0.25) is 10.0 Å². The van der Waals surface area contributed by atoms with Crippen molar-refractivity contribution >= 4 is 61.4 Å². The topological polar surface area (TPSA) is 184 Å². The maximum atomic E-state index is 13.9. The average molecular weight is 961 g/mol. The summed E-state index contributed by atoms with van der Waals surface area (Å²) in [7, 11) is 0. The molecule has 10 rings (SSSR count). The number of imidazole rings is 2. The highest BCUT2D eigenvalue weighted by Gasteiger charge is 2.40. The largest absolute Gasteiger partial charge is 0.447 e. The van der Waals surface area contributed by atoms with Crippen molar-refractivity contribution in [2.75, 3.05) is 28.3 Å². The first-order valence-electron chi connectivity index (χ1n) is 20.9. The molecule has 22 heteroatoms. The first kappa shape index (κ1) is 50.2. The van der Waals surface area contributed by atoms with E-state index in [1.807, 2.05) is 62.9 Å². The molecule has 2 fully saturated rings. The Balaban J connectivity index is 0.000000179. The maximum absolute atomic E-state index is 13.9. The maximum Gasteiger partial charge on any atom is 0.416 e. The molecular weight excluding hydrogens is 911 g/mol. The molecule has 4 aromatic heterocycles. The zero-order valence-electron chi connectivity index (χ0n) is 36.3. The molecule has 0 spiro atoms. The summed E-state index contributed by atoms with van der Waals surface area (Å²) in [6.45, 7) is 6.58. The third kappa shape index (κ3) is 10.5. The average Bonchev–Trinajstić information content (AvgIpc) is 4.09. The van der Waals surface area contributed by atoms with E-state index in [1.165, 1.54) is 53.5 Å². The molecule has 6 aromatic rings. The summed E-state index contributed by atoms with van der Waals surface area (Å²) in [5.74, 6) is 0.624. The number of halogens is 5. The van der Waals surface area contributed by atoms with E-state index in [-0.39, 0.29) is 47.0 Å². The Morgan fingerprint density at radius 2 is 1.18 bits per heavy atom. The van der Waals surface area contributed by atoms with E-state index in [9.17, 15) is 22.8 Å². The van der Waals surface area contributed by atoms with Gasteiger partial charge in [0.05, 0.1) is 41.5 Å². The van der Waals surface area contributed by atoms with Crippen molar-refractivity contribution in [3.8, 4) is 11.4 Å². The zero-order chi connectivity index (χ0) is 46.1. The molecular formula is C45H49BCl2F3N12O4. The van der Waals surface area contributed by atoms with Crippen LogP contribution >= 0.6 is 23.2 Å². The summed E-state index contributed by atoms with van der Waals surface area (Å²) in [6.07, 6.45) is 5.22. The molecule has 3 N–H and O–H groups in total. The number of hydrogen-bond acceptors (Lipinski definition) is 12. The number of amides is 2. The van der Waals surface area contributed by atoms with Crippen LogP contribution in [0.25, 0.3) is 11.4 Å². The van der Waals surface area contributed by atoms with Crippen LogP contribution in [0.15, 0.2) is 73.6 Å². The van der Waals surface area contributed by atoms with Crippen LogP contribution in [0.3, 0.4) is 0 Å². The number of carbonyl (C=O) groups is 2. The molecule has 351 valence electrons. The van der Waals surface area contributed by atoms with Crippen LogP contribution < -0.4 is 20.9 Å². The number of nitrogens with two attached hydrogens (primary N) is 1. The lowest BCUT2D eigenvalue weighted by Gasteiger charge is -2.23. The van der Waals surface area contributed by atoms with E-state index in [0.717, 1.165) is 69.6 Å². The van der Waals surface area contributed by atoms with Crippen molar-refractivity contribution in [3.05, 3.63) is 124 Å². The molecule has 6 atom stereocenters. The van der Waals surface area contributed by atoms with Crippen molar-refractivity contribution in [2.24, 2.45) is 5.73 Å². The monoisotopic (exact) mass is 959 g/mol. The Bertz CT molecular complexity index is 2730. The van der Waals surface area contributed by atoms with E-state index in [2.05, 4.69) is 44.4 Å². The first-order valence-corrected chi connectivity index (χ1v) is 21.7. The van der Waals surface area contributed by atoms with Gasteiger partial charge in [-0.25, -0.2) is 38.3 Å². The van der Waals surface area contributed by atoms with E-state index < -0.39 is 42.7 Å². The number of benzene rings is 2. The van der Waals surface area contributed by atoms with Crippen molar-refractivity contribution in [2.45, 2.75) is 97.3 Å². The number of ether oxygens (including phenoxy) is 2. The van der Waals surface area contributed by atoms with E-state index in [4.69, 9.17) is 38.4 Å². The molecule has 4 aliphatic heterocycles. The van der Waals surface area contributed by atoms with E-state index in [0.29, 0.717) is 11.8 Å². The Kier molecular flexibility index (Phi) is 15.8. The highest BCUT2D eigenvalue weighted by Crippen LogP contribution is 2.33. The quantitative estimate of drug-likeness (QED) is 0.110. The van der Waals surface area contributed by atoms with Gasteiger partial charge in [0.1, 0.15) is 49.3 Å². The zero-order valence-corrected chi connectivity index (χ0v) is 37.8. The number of rotatable bonds is 8. The molecule has 8 heterocycles. The Morgan fingerprint density at radius 1 is 0.701 bits per heavy atom. The Hall–Kier alpha value is -6.25. The molecule has 2 amide bonds. The second-order valence-corrected chi connectivity index (χ2v) is 16.8. The Morgan fingerprint density at radius 3 is 1.67 bits per heavy atom. The molecule has 2 saturated heterocycles. The number of nitrogens with one attached hydrogen (secondary N) is 1. The summed E-state index contributed by atoms with van der Waals surface area (Å²) < 4.78 is 53.9. The second kappa shape index (κ2) is 21.2. The van der Waals surface area contributed by atoms with Crippen LogP contribution in [-0.2, 0) is 35.2 Å². The normalized spacial score (nSPS) is 18.3. The molecule has 0 aliphatic carbocycles. The molecule has 3 radical (unpaired) electrons. The molecule has 0 bridgehead atoms. The molecule has 2 aromatic carbocycles. The number of nitrogens with zero attached hydrogens (tertiary/aromatic N) is 10. The van der Waals surface area contributed by atoms with Crippen LogP contribution in [0.5, 0.6) is 0 Å². The third-order valence-electron chi connectivity index (χ3n) is 11.5. The van der Waals surface area contributed by atoms with Gasteiger partial charge < -0.3 is 29.7 Å². The van der Waals surface area contributed by atoms with Crippen LogP contribution in [0, 0.1) is 6.08 Å². The van der Waals surface area contributed by atoms with Crippen molar-refractivity contribution in [1.82, 2.24) is 39.0 Å². The molecule has 0 unspecified atom stereocenters. The van der Waals surface area contributed by atoms with Gasteiger partial charge in [0.15, 0.2) is 0 Å². The number of alkyl halides is 2. The van der Waals surface area contributed by atoms with Crippen LogP contribution in [0.4, 0.5) is 40.3 Å². The lowest BCUT2D eigenvalue weighted by atomic mass is 9.99. The van der Waals surface area contributed by atoms with Gasteiger partial charge in [0.25, 0.3) is 0 Å². The number of anilines is 3. The van der Waals surface area contributed by atoms with Gasteiger partial charge in [-0.3, -0.25) is 9.80 Å².